The van der Waals surface area contributed by atoms with Gasteiger partial charge in [-0.25, -0.2) is 0 Å². The third-order valence-corrected chi connectivity index (χ3v) is 3.44. The van der Waals surface area contributed by atoms with E-state index in [1.54, 1.807) is 18.2 Å². The molecule has 0 heterocycles. The highest BCUT2D eigenvalue weighted by molar-refractivity contribution is 6.35. The Morgan fingerprint density at radius 2 is 1.89 bits per heavy atom. The van der Waals surface area contributed by atoms with Gasteiger partial charge < -0.3 is 4.74 Å². The highest BCUT2D eigenvalue weighted by Crippen LogP contribution is 2.24. The zero-order chi connectivity index (χ0) is 14.6. The average Bonchev–Trinajstić information content (AvgIpc) is 2.32. The van der Waals surface area contributed by atoms with E-state index in [-0.39, 0.29) is 18.1 Å². The number of ether oxygens (including phenoxy) is 1. The van der Waals surface area contributed by atoms with E-state index in [4.69, 9.17) is 23.2 Å². The second-order valence-corrected chi connectivity index (χ2v) is 5.47. The highest BCUT2D eigenvalue weighted by Gasteiger charge is 2.30. The molecule has 0 aromatic heterocycles. The van der Waals surface area contributed by atoms with Crippen LogP contribution >= 0.6 is 23.2 Å². The third kappa shape index (κ3) is 4.22. The van der Waals surface area contributed by atoms with E-state index in [2.05, 4.69) is 4.74 Å². The lowest BCUT2D eigenvalue weighted by molar-refractivity contribution is -0.151. The predicted molar refractivity (Wildman–Crippen MR) is 75.5 cm³/mol. The second-order valence-electron chi connectivity index (χ2n) is 4.62. The van der Waals surface area contributed by atoms with Crippen LogP contribution in [0.25, 0.3) is 0 Å². The van der Waals surface area contributed by atoms with Crippen molar-refractivity contribution in [3.63, 3.8) is 0 Å². The minimum atomic E-state index is -0.767. The number of ketones is 1. The molecule has 1 unspecified atom stereocenters. The number of Topliss-reactive ketones (excluding diaryl/α,β-unsaturated/α-hetero) is 1. The van der Waals surface area contributed by atoms with Crippen LogP contribution in [-0.2, 0) is 20.7 Å². The summed E-state index contributed by atoms with van der Waals surface area (Å²) in [7, 11) is 1.28. The molecular formula is C14H16Cl2O3. The summed E-state index contributed by atoms with van der Waals surface area (Å²) in [6, 6.07) is 4.93. The SMILES string of the molecule is COC(=O)C(C(=O)Cc1ccc(Cl)cc1Cl)C(C)C. The zero-order valence-electron chi connectivity index (χ0n) is 11.1. The Morgan fingerprint density at radius 3 is 2.37 bits per heavy atom. The summed E-state index contributed by atoms with van der Waals surface area (Å²) in [5.41, 5.74) is 0.658. The van der Waals surface area contributed by atoms with Crippen LogP contribution in [-0.4, -0.2) is 18.9 Å². The molecule has 0 aliphatic carbocycles. The van der Waals surface area contributed by atoms with Gasteiger partial charge in [0.25, 0.3) is 0 Å². The first-order valence-corrected chi connectivity index (χ1v) is 6.67. The highest BCUT2D eigenvalue weighted by atomic mass is 35.5. The van der Waals surface area contributed by atoms with E-state index in [0.717, 1.165) is 0 Å². The van der Waals surface area contributed by atoms with Gasteiger partial charge in [-0.2, -0.15) is 0 Å². The lowest BCUT2D eigenvalue weighted by atomic mass is 9.88. The van der Waals surface area contributed by atoms with Gasteiger partial charge in [0.2, 0.25) is 0 Å². The molecule has 1 rings (SSSR count). The minimum absolute atomic E-state index is 0.0912. The number of rotatable bonds is 5. The molecule has 0 radical (unpaired) electrons. The molecule has 0 saturated heterocycles. The third-order valence-electron chi connectivity index (χ3n) is 2.85. The molecule has 0 spiro atoms. The van der Waals surface area contributed by atoms with Crippen molar-refractivity contribution in [3.05, 3.63) is 33.8 Å². The fourth-order valence-electron chi connectivity index (χ4n) is 1.87. The van der Waals surface area contributed by atoms with Crippen LogP contribution in [0.1, 0.15) is 19.4 Å². The molecule has 1 atom stereocenters. The molecule has 0 amide bonds. The average molecular weight is 303 g/mol. The smallest absolute Gasteiger partial charge is 0.316 e. The second kappa shape index (κ2) is 6.92. The molecule has 104 valence electrons. The molecule has 19 heavy (non-hydrogen) atoms. The maximum absolute atomic E-state index is 12.2. The zero-order valence-corrected chi connectivity index (χ0v) is 12.6. The number of hydrogen-bond acceptors (Lipinski definition) is 3. The van der Waals surface area contributed by atoms with Gasteiger partial charge in [0.05, 0.1) is 7.11 Å². The van der Waals surface area contributed by atoms with Crippen molar-refractivity contribution in [3.8, 4) is 0 Å². The Labute approximate surface area is 122 Å². The number of esters is 1. The van der Waals surface area contributed by atoms with Crippen LogP contribution in [0.2, 0.25) is 10.0 Å². The summed E-state index contributed by atoms with van der Waals surface area (Å²) in [4.78, 5) is 23.8. The van der Waals surface area contributed by atoms with Gasteiger partial charge in [-0.05, 0) is 23.6 Å². The molecule has 0 bridgehead atoms. The van der Waals surface area contributed by atoms with Crippen molar-refractivity contribution in [1.82, 2.24) is 0 Å². The van der Waals surface area contributed by atoms with Gasteiger partial charge in [0, 0.05) is 16.5 Å². The predicted octanol–water partition coefficient (Wildman–Crippen LogP) is 3.55. The number of hydrogen-bond donors (Lipinski definition) is 0. The lowest BCUT2D eigenvalue weighted by Crippen LogP contribution is -2.31. The molecule has 1 aromatic rings. The largest absolute Gasteiger partial charge is 0.468 e. The van der Waals surface area contributed by atoms with E-state index < -0.39 is 11.9 Å². The van der Waals surface area contributed by atoms with Gasteiger partial charge in [-0.3, -0.25) is 9.59 Å². The Morgan fingerprint density at radius 1 is 1.26 bits per heavy atom. The van der Waals surface area contributed by atoms with Crippen LogP contribution < -0.4 is 0 Å². The van der Waals surface area contributed by atoms with Gasteiger partial charge in [0.1, 0.15) is 5.92 Å². The Balaban J connectivity index is 2.90. The molecule has 0 aliphatic heterocycles. The summed E-state index contributed by atoms with van der Waals surface area (Å²) in [6.45, 7) is 3.62. The monoisotopic (exact) mass is 302 g/mol. The first kappa shape index (κ1) is 16.0. The van der Waals surface area contributed by atoms with Crippen molar-refractivity contribution < 1.29 is 14.3 Å². The van der Waals surface area contributed by atoms with Crippen molar-refractivity contribution in [2.75, 3.05) is 7.11 Å². The molecule has 0 saturated carbocycles. The van der Waals surface area contributed by atoms with Gasteiger partial charge in [-0.15, -0.1) is 0 Å². The summed E-state index contributed by atoms with van der Waals surface area (Å²) in [6.07, 6.45) is 0.0912. The Hall–Kier alpha value is -1.06. The summed E-state index contributed by atoms with van der Waals surface area (Å²) >= 11 is 11.8. The summed E-state index contributed by atoms with van der Waals surface area (Å²) < 4.78 is 4.67. The first-order valence-electron chi connectivity index (χ1n) is 5.91. The maximum Gasteiger partial charge on any atom is 0.316 e. The number of carbonyl (C=O) groups excluding carboxylic acids is 2. The molecular weight excluding hydrogens is 287 g/mol. The topological polar surface area (TPSA) is 43.4 Å². The van der Waals surface area contributed by atoms with Crippen LogP contribution in [0.15, 0.2) is 18.2 Å². The van der Waals surface area contributed by atoms with E-state index in [1.807, 2.05) is 13.8 Å². The van der Waals surface area contributed by atoms with Crippen LogP contribution in [0.4, 0.5) is 0 Å². The summed E-state index contributed by atoms with van der Waals surface area (Å²) in [5.74, 6) is -1.60. The van der Waals surface area contributed by atoms with Crippen LogP contribution in [0.5, 0.6) is 0 Å². The Kier molecular flexibility index (Phi) is 5.83. The number of carbonyl (C=O) groups is 2. The minimum Gasteiger partial charge on any atom is -0.468 e. The van der Waals surface area contributed by atoms with Crippen LogP contribution in [0, 0.1) is 11.8 Å². The normalized spacial score (nSPS) is 12.3. The fourth-order valence-corrected chi connectivity index (χ4v) is 2.34. The summed E-state index contributed by atoms with van der Waals surface area (Å²) in [5, 5.41) is 0.933. The molecule has 0 aliphatic rings. The molecule has 3 nitrogen and oxygen atoms in total. The Bertz CT molecular complexity index is 484. The lowest BCUT2D eigenvalue weighted by Gasteiger charge is -2.17. The molecule has 0 fully saturated rings. The van der Waals surface area contributed by atoms with Crippen molar-refractivity contribution in [2.45, 2.75) is 20.3 Å². The van der Waals surface area contributed by atoms with Gasteiger partial charge >= 0.3 is 5.97 Å². The van der Waals surface area contributed by atoms with E-state index in [1.165, 1.54) is 7.11 Å². The van der Waals surface area contributed by atoms with Crippen molar-refractivity contribution in [1.29, 1.82) is 0 Å². The first-order chi connectivity index (χ1) is 8.86. The number of benzene rings is 1. The standard InChI is InChI=1S/C14H16Cl2O3/c1-8(2)13(14(18)19-3)12(17)6-9-4-5-10(15)7-11(9)16/h4-5,7-8,13H,6H2,1-3H3. The van der Waals surface area contributed by atoms with Gasteiger partial charge in [-0.1, -0.05) is 43.1 Å². The van der Waals surface area contributed by atoms with E-state index >= 15 is 0 Å². The van der Waals surface area contributed by atoms with Crippen molar-refractivity contribution >= 4 is 35.0 Å². The van der Waals surface area contributed by atoms with Crippen LogP contribution in [0.3, 0.4) is 0 Å². The number of methoxy groups -OCH3 is 1. The maximum atomic E-state index is 12.2. The molecule has 5 heteroatoms. The quantitative estimate of drug-likeness (QED) is 0.617. The fraction of sp³-hybridized carbons (Fsp3) is 0.429. The number of halogens is 2. The molecule has 0 N–H and O–H groups in total. The van der Waals surface area contributed by atoms with E-state index in [0.29, 0.717) is 15.6 Å². The molecule has 1 aromatic carbocycles. The van der Waals surface area contributed by atoms with E-state index in [9.17, 15) is 9.59 Å². The van der Waals surface area contributed by atoms with Crippen molar-refractivity contribution in [2.24, 2.45) is 11.8 Å². The van der Waals surface area contributed by atoms with Gasteiger partial charge in [0.15, 0.2) is 5.78 Å².